The van der Waals surface area contributed by atoms with Gasteiger partial charge in [0.2, 0.25) is 5.88 Å². The minimum Gasteiger partial charge on any atom is -0.494 e. The third kappa shape index (κ3) is 3.40. The molecule has 0 amide bonds. The Hall–Kier alpha value is -2.53. The van der Waals surface area contributed by atoms with E-state index in [1.165, 1.54) is 16.8 Å². The van der Waals surface area contributed by atoms with E-state index >= 15 is 0 Å². The fourth-order valence-corrected chi connectivity index (χ4v) is 4.55. The number of benzene rings is 2. The molecule has 4 nitrogen and oxygen atoms in total. The first kappa shape index (κ1) is 16.9. The quantitative estimate of drug-likeness (QED) is 0.740. The molecule has 1 aliphatic heterocycles. The van der Waals surface area contributed by atoms with Crippen LogP contribution < -0.4 is 9.77 Å². The number of rotatable bonds is 4. The number of aromatic nitrogens is 1. The summed E-state index contributed by atoms with van der Waals surface area (Å²) in [5.41, 5.74) is 5.13. The van der Waals surface area contributed by atoms with Crippen LogP contribution in [-0.2, 0) is 19.3 Å². The van der Waals surface area contributed by atoms with Crippen molar-refractivity contribution in [2.24, 2.45) is 0 Å². The molecule has 3 aromatic rings. The van der Waals surface area contributed by atoms with Gasteiger partial charge in [0.05, 0.1) is 4.88 Å². The van der Waals surface area contributed by atoms with E-state index in [0.29, 0.717) is 17.3 Å². The van der Waals surface area contributed by atoms with Crippen molar-refractivity contribution in [3.8, 4) is 5.88 Å². The van der Waals surface area contributed by atoms with Gasteiger partial charge in [0.15, 0.2) is 0 Å². The van der Waals surface area contributed by atoms with E-state index in [2.05, 4.69) is 65.5 Å². The first-order valence-corrected chi connectivity index (χ1v) is 9.71. The van der Waals surface area contributed by atoms with Gasteiger partial charge in [-0.2, -0.15) is 0 Å². The SMILES string of the molecule is CN1c2ccc(Cc3sc(=O)[nH]c3O)cc2CCC1Cc1ccccc1. The highest BCUT2D eigenvalue weighted by molar-refractivity contribution is 7.09. The van der Waals surface area contributed by atoms with Gasteiger partial charge in [-0.05, 0) is 42.0 Å². The van der Waals surface area contributed by atoms with Crippen LogP contribution in [0.25, 0.3) is 0 Å². The molecule has 5 heteroatoms. The molecule has 0 bridgehead atoms. The van der Waals surface area contributed by atoms with Crippen LogP contribution >= 0.6 is 11.3 Å². The molecule has 2 aromatic carbocycles. The Labute approximate surface area is 156 Å². The predicted octanol–water partition coefficient (Wildman–Crippen LogP) is 3.73. The van der Waals surface area contributed by atoms with Gasteiger partial charge < -0.3 is 10.0 Å². The molecular formula is C21H22N2O2S. The summed E-state index contributed by atoms with van der Waals surface area (Å²) in [5.74, 6) is -0.00207. The summed E-state index contributed by atoms with van der Waals surface area (Å²) in [6.07, 6.45) is 3.83. The molecule has 0 fully saturated rings. The lowest BCUT2D eigenvalue weighted by Crippen LogP contribution is -2.37. The minimum absolute atomic E-state index is 0.00207. The number of likely N-dealkylation sites (N-methyl/N-ethyl adjacent to an activating group) is 1. The van der Waals surface area contributed by atoms with Gasteiger partial charge in [0.25, 0.3) is 0 Å². The highest BCUT2D eigenvalue weighted by Crippen LogP contribution is 2.32. The second kappa shape index (κ2) is 7.00. The van der Waals surface area contributed by atoms with Gasteiger partial charge in [0, 0.05) is 25.2 Å². The molecule has 0 aliphatic carbocycles. The van der Waals surface area contributed by atoms with Gasteiger partial charge in [-0.15, -0.1) is 0 Å². The number of nitrogens with one attached hydrogen (secondary N) is 1. The fourth-order valence-electron chi connectivity index (χ4n) is 3.79. The average Bonchev–Trinajstić information content (AvgIpc) is 2.95. The maximum absolute atomic E-state index is 11.4. The number of nitrogens with zero attached hydrogens (tertiary/aromatic N) is 1. The van der Waals surface area contributed by atoms with Crippen LogP contribution in [0.15, 0.2) is 53.3 Å². The van der Waals surface area contributed by atoms with Crippen molar-refractivity contribution in [2.75, 3.05) is 11.9 Å². The second-order valence-corrected chi connectivity index (χ2v) is 7.99. The summed E-state index contributed by atoms with van der Waals surface area (Å²) in [7, 11) is 2.18. The lowest BCUT2D eigenvalue weighted by Gasteiger charge is -2.36. The van der Waals surface area contributed by atoms with Crippen LogP contribution in [0.5, 0.6) is 5.88 Å². The summed E-state index contributed by atoms with van der Waals surface area (Å²) < 4.78 is 0. The van der Waals surface area contributed by atoms with E-state index in [9.17, 15) is 9.90 Å². The van der Waals surface area contributed by atoms with Crippen molar-refractivity contribution in [1.29, 1.82) is 0 Å². The summed E-state index contributed by atoms with van der Waals surface area (Å²) in [6.45, 7) is 0. The fraction of sp³-hybridized carbons (Fsp3) is 0.286. The van der Waals surface area contributed by atoms with Crippen LogP contribution in [0.1, 0.15) is 28.0 Å². The standard InChI is InChI=1S/C21H22N2O2S/c1-23-17(12-14-5-3-2-4-6-14)9-8-16-11-15(7-10-18(16)23)13-19-20(24)22-21(25)26-19/h2-7,10-11,17,24H,8-9,12-13H2,1H3,(H,22,25). The first-order chi connectivity index (χ1) is 12.6. The molecule has 2 N–H and O–H groups in total. The molecule has 134 valence electrons. The summed E-state index contributed by atoms with van der Waals surface area (Å²) in [4.78, 5) is 16.7. The van der Waals surface area contributed by atoms with Crippen LogP contribution in [0.4, 0.5) is 5.69 Å². The lowest BCUT2D eigenvalue weighted by atomic mass is 9.91. The Bertz CT molecular complexity index is 962. The zero-order valence-corrected chi connectivity index (χ0v) is 15.6. The zero-order chi connectivity index (χ0) is 18.1. The molecule has 0 radical (unpaired) electrons. The summed E-state index contributed by atoms with van der Waals surface area (Å²) in [5, 5.41) is 9.79. The molecule has 2 heterocycles. The third-order valence-corrected chi connectivity index (χ3v) is 6.07. The average molecular weight is 366 g/mol. The zero-order valence-electron chi connectivity index (χ0n) is 14.7. The van der Waals surface area contributed by atoms with Crippen LogP contribution in [0.3, 0.4) is 0 Å². The monoisotopic (exact) mass is 366 g/mol. The van der Waals surface area contributed by atoms with Gasteiger partial charge >= 0.3 is 4.87 Å². The molecular weight excluding hydrogens is 344 g/mol. The number of hydrogen-bond acceptors (Lipinski definition) is 4. The van der Waals surface area contributed by atoms with Crippen molar-refractivity contribution in [1.82, 2.24) is 4.98 Å². The molecule has 1 atom stereocenters. The normalized spacial score (nSPS) is 16.5. The molecule has 0 saturated carbocycles. The minimum atomic E-state index is -0.209. The highest BCUT2D eigenvalue weighted by atomic mass is 32.1. The maximum atomic E-state index is 11.4. The topological polar surface area (TPSA) is 56.3 Å². The number of aromatic hydroxyl groups is 1. The number of hydrogen-bond donors (Lipinski definition) is 2. The molecule has 1 aromatic heterocycles. The number of fused-ring (bicyclic) bond motifs is 1. The molecule has 1 unspecified atom stereocenters. The molecule has 1 aliphatic rings. The van der Waals surface area contributed by atoms with E-state index < -0.39 is 0 Å². The second-order valence-electron chi connectivity index (χ2n) is 6.92. The molecule has 0 saturated heterocycles. The molecule has 0 spiro atoms. The van der Waals surface area contributed by atoms with Gasteiger partial charge in [-0.25, -0.2) is 0 Å². The van der Waals surface area contributed by atoms with E-state index in [4.69, 9.17) is 0 Å². The summed E-state index contributed by atoms with van der Waals surface area (Å²) >= 11 is 1.08. The Morgan fingerprint density at radius 3 is 2.73 bits per heavy atom. The Kier molecular flexibility index (Phi) is 4.55. The highest BCUT2D eigenvalue weighted by Gasteiger charge is 2.24. The van der Waals surface area contributed by atoms with Crippen molar-refractivity contribution in [2.45, 2.75) is 31.7 Å². The van der Waals surface area contributed by atoms with Crippen molar-refractivity contribution in [3.05, 3.63) is 79.8 Å². The van der Waals surface area contributed by atoms with E-state index in [0.717, 1.165) is 36.2 Å². The van der Waals surface area contributed by atoms with Crippen LogP contribution in [-0.4, -0.2) is 23.2 Å². The lowest BCUT2D eigenvalue weighted by molar-refractivity contribution is 0.451. The first-order valence-electron chi connectivity index (χ1n) is 8.89. The van der Waals surface area contributed by atoms with Gasteiger partial charge in [-0.3, -0.25) is 9.78 Å². The number of H-pyrrole nitrogens is 1. The van der Waals surface area contributed by atoms with E-state index in [-0.39, 0.29) is 10.8 Å². The Balaban J connectivity index is 1.53. The molecule has 4 rings (SSSR count). The Morgan fingerprint density at radius 1 is 1.19 bits per heavy atom. The largest absolute Gasteiger partial charge is 0.494 e. The van der Waals surface area contributed by atoms with Crippen LogP contribution in [0.2, 0.25) is 0 Å². The molecule has 26 heavy (non-hydrogen) atoms. The van der Waals surface area contributed by atoms with E-state index in [1.54, 1.807) is 0 Å². The number of aromatic amines is 1. The smallest absolute Gasteiger partial charge is 0.307 e. The number of aryl methyl sites for hydroxylation is 1. The van der Waals surface area contributed by atoms with E-state index in [1.807, 2.05) is 0 Å². The Morgan fingerprint density at radius 2 is 2.00 bits per heavy atom. The van der Waals surface area contributed by atoms with Crippen molar-refractivity contribution < 1.29 is 5.11 Å². The predicted molar refractivity (Wildman–Crippen MR) is 107 cm³/mol. The van der Waals surface area contributed by atoms with Crippen LogP contribution in [0, 0.1) is 0 Å². The summed E-state index contributed by atoms with van der Waals surface area (Å²) in [6, 6.07) is 17.7. The van der Waals surface area contributed by atoms with Crippen molar-refractivity contribution >= 4 is 17.0 Å². The van der Waals surface area contributed by atoms with Gasteiger partial charge in [-0.1, -0.05) is 53.8 Å². The number of anilines is 1. The number of thiazole rings is 1. The van der Waals surface area contributed by atoms with Gasteiger partial charge in [0.1, 0.15) is 0 Å². The third-order valence-electron chi connectivity index (χ3n) is 5.20. The van der Waals surface area contributed by atoms with Crippen molar-refractivity contribution in [3.63, 3.8) is 0 Å². The maximum Gasteiger partial charge on any atom is 0.307 e.